The fourth-order valence-corrected chi connectivity index (χ4v) is 2.00. The van der Waals surface area contributed by atoms with E-state index < -0.39 is 0 Å². The minimum Gasteiger partial charge on any atom is -0.482 e. The van der Waals surface area contributed by atoms with Crippen LogP contribution in [-0.4, -0.2) is 19.2 Å². The third-order valence-corrected chi connectivity index (χ3v) is 3.22. The Balaban J connectivity index is 1.99. The van der Waals surface area contributed by atoms with Gasteiger partial charge in [0, 0.05) is 4.47 Å². The molecule has 4 heteroatoms. The zero-order valence-corrected chi connectivity index (χ0v) is 12.7. The molecule has 0 atom stereocenters. The summed E-state index contributed by atoms with van der Waals surface area (Å²) in [5, 5.41) is 0. The van der Waals surface area contributed by atoms with Crippen LogP contribution < -0.4 is 4.74 Å². The lowest BCUT2D eigenvalue weighted by Gasteiger charge is -2.07. The van der Waals surface area contributed by atoms with Gasteiger partial charge in [0.05, 0.1) is 6.61 Å². The Bertz CT molecular complexity index is 561. The summed E-state index contributed by atoms with van der Waals surface area (Å²) in [6.45, 7) is 2.07. The molecule has 0 N–H and O–H groups in total. The van der Waals surface area contributed by atoms with E-state index in [1.54, 1.807) is 6.92 Å². The Morgan fingerprint density at radius 2 is 1.55 bits per heavy atom. The number of ether oxygens (including phenoxy) is 2. The van der Waals surface area contributed by atoms with E-state index in [0.29, 0.717) is 12.4 Å². The van der Waals surface area contributed by atoms with Gasteiger partial charge in [-0.3, -0.25) is 0 Å². The number of carbonyl (C=O) groups is 1. The Kier molecular flexibility index (Phi) is 5.18. The average molecular weight is 335 g/mol. The summed E-state index contributed by atoms with van der Waals surface area (Å²) >= 11 is 3.41. The van der Waals surface area contributed by atoms with E-state index in [4.69, 9.17) is 9.47 Å². The van der Waals surface area contributed by atoms with Crippen LogP contribution in [0.25, 0.3) is 11.1 Å². The standard InChI is InChI=1S/C16H15BrO3/c1-2-19-16(18)11-20-15-9-5-13(6-10-15)12-3-7-14(17)8-4-12/h3-10H,2,11H2,1H3. The molecular weight excluding hydrogens is 320 g/mol. The molecule has 0 saturated carbocycles. The molecule has 2 aromatic carbocycles. The van der Waals surface area contributed by atoms with E-state index in [1.807, 2.05) is 48.5 Å². The van der Waals surface area contributed by atoms with E-state index >= 15 is 0 Å². The van der Waals surface area contributed by atoms with Gasteiger partial charge in [-0.1, -0.05) is 40.2 Å². The third-order valence-electron chi connectivity index (χ3n) is 2.69. The Labute approximate surface area is 126 Å². The number of halogens is 1. The van der Waals surface area contributed by atoms with Gasteiger partial charge in [-0.2, -0.15) is 0 Å². The van der Waals surface area contributed by atoms with Gasteiger partial charge in [0.1, 0.15) is 5.75 Å². The zero-order chi connectivity index (χ0) is 14.4. The van der Waals surface area contributed by atoms with E-state index in [0.717, 1.165) is 15.6 Å². The van der Waals surface area contributed by atoms with Crippen molar-refractivity contribution in [1.29, 1.82) is 0 Å². The SMILES string of the molecule is CCOC(=O)COc1ccc(-c2ccc(Br)cc2)cc1. The average Bonchev–Trinajstić information content (AvgIpc) is 2.47. The molecule has 0 unspecified atom stereocenters. The molecule has 0 aliphatic rings. The summed E-state index contributed by atoms with van der Waals surface area (Å²) in [7, 11) is 0. The van der Waals surface area contributed by atoms with Crippen LogP contribution in [0.3, 0.4) is 0 Å². The summed E-state index contributed by atoms with van der Waals surface area (Å²) in [6.07, 6.45) is 0. The van der Waals surface area contributed by atoms with Crippen molar-refractivity contribution in [3.8, 4) is 16.9 Å². The molecule has 0 amide bonds. The van der Waals surface area contributed by atoms with Gasteiger partial charge in [-0.25, -0.2) is 4.79 Å². The number of esters is 1. The molecule has 0 aliphatic carbocycles. The van der Waals surface area contributed by atoms with Crippen molar-refractivity contribution in [2.45, 2.75) is 6.92 Å². The van der Waals surface area contributed by atoms with Crippen molar-refractivity contribution >= 4 is 21.9 Å². The van der Waals surface area contributed by atoms with E-state index in [9.17, 15) is 4.79 Å². The summed E-state index contributed by atoms with van der Waals surface area (Å²) in [6, 6.07) is 15.7. The molecule has 0 aliphatic heterocycles. The van der Waals surface area contributed by atoms with Crippen LogP contribution in [0.15, 0.2) is 53.0 Å². The Hall–Kier alpha value is -1.81. The second-order valence-electron chi connectivity index (χ2n) is 4.12. The van der Waals surface area contributed by atoms with E-state index in [2.05, 4.69) is 15.9 Å². The third kappa shape index (κ3) is 4.10. The molecule has 0 radical (unpaired) electrons. The van der Waals surface area contributed by atoms with E-state index in [-0.39, 0.29) is 12.6 Å². The lowest BCUT2D eigenvalue weighted by atomic mass is 10.1. The predicted octanol–water partition coefficient (Wildman–Crippen LogP) is 4.06. The van der Waals surface area contributed by atoms with Crippen LogP contribution in [-0.2, 0) is 9.53 Å². The molecule has 104 valence electrons. The maximum Gasteiger partial charge on any atom is 0.344 e. The van der Waals surface area contributed by atoms with E-state index in [1.165, 1.54) is 0 Å². The number of benzene rings is 2. The van der Waals surface area contributed by atoms with Crippen LogP contribution >= 0.6 is 15.9 Å². The molecule has 0 aromatic heterocycles. The van der Waals surface area contributed by atoms with Gasteiger partial charge >= 0.3 is 5.97 Å². The van der Waals surface area contributed by atoms with Crippen molar-refractivity contribution in [3.05, 3.63) is 53.0 Å². The van der Waals surface area contributed by atoms with Crippen molar-refractivity contribution in [2.24, 2.45) is 0 Å². The molecule has 0 heterocycles. The first kappa shape index (κ1) is 14.6. The highest BCUT2D eigenvalue weighted by atomic mass is 79.9. The summed E-state index contributed by atoms with van der Waals surface area (Å²) < 4.78 is 11.2. The van der Waals surface area contributed by atoms with Crippen LogP contribution in [0, 0.1) is 0 Å². The molecule has 0 saturated heterocycles. The minimum absolute atomic E-state index is 0.0640. The first-order valence-corrected chi connectivity index (χ1v) is 7.13. The number of hydrogen-bond donors (Lipinski definition) is 0. The lowest BCUT2D eigenvalue weighted by molar-refractivity contribution is -0.145. The fourth-order valence-electron chi connectivity index (χ4n) is 1.73. The molecule has 2 aromatic rings. The minimum atomic E-state index is -0.357. The van der Waals surface area contributed by atoms with Crippen molar-refractivity contribution < 1.29 is 14.3 Å². The first-order valence-electron chi connectivity index (χ1n) is 6.33. The predicted molar refractivity (Wildman–Crippen MR) is 81.7 cm³/mol. The highest BCUT2D eigenvalue weighted by molar-refractivity contribution is 9.10. The fraction of sp³-hybridized carbons (Fsp3) is 0.188. The molecule has 0 fully saturated rings. The molecule has 0 bridgehead atoms. The molecule has 2 rings (SSSR count). The van der Waals surface area contributed by atoms with Crippen LogP contribution in [0.5, 0.6) is 5.75 Å². The van der Waals surface area contributed by atoms with Crippen LogP contribution in [0.4, 0.5) is 0 Å². The normalized spacial score (nSPS) is 10.1. The molecule has 0 spiro atoms. The molecular formula is C16H15BrO3. The van der Waals surface area contributed by atoms with Crippen LogP contribution in [0.2, 0.25) is 0 Å². The smallest absolute Gasteiger partial charge is 0.344 e. The monoisotopic (exact) mass is 334 g/mol. The highest BCUT2D eigenvalue weighted by Crippen LogP contribution is 2.24. The van der Waals surface area contributed by atoms with Crippen molar-refractivity contribution in [1.82, 2.24) is 0 Å². The summed E-state index contributed by atoms with van der Waals surface area (Å²) in [4.78, 5) is 11.2. The first-order chi connectivity index (χ1) is 9.69. The number of hydrogen-bond acceptors (Lipinski definition) is 3. The summed E-state index contributed by atoms with van der Waals surface area (Å²) in [5.41, 5.74) is 2.23. The summed E-state index contributed by atoms with van der Waals surface area (Å²) in [5.74, 6) is 0.295. The van der Waals surface area contributed by atoms with Gasteiger partial charge in [-0.05, 0) is 42.3 Å². The largest absolute Gasteiger partial charge is 0.482 e. The second kappa shape index (κ2) is 7.10. The molecule has 20 heavy (non-hydrogen) atoms. The Morgan fingerprint density at radius 3 is 2.10 bits per heavy atom. The number of carbonyl (C=O) groups excluding carboxylic acids is 1. The maximum absolute atomic E-state index is 11.2. The van der Waals surface area contributed by atoms with Gasteiger partial charge in [-0.15, -0.1) is 0 Å². The second-order valence-corrected chi connectivity index (χ2v) is 5.04. The number of rotatable bonds is 5. The van der Waals surface area contributed by atoms with Gasteiger partial charge in [0.2, 0.25) is 0 Å². The van der Waals surface area contributed by atoms with Gasteiger partial charge in [0.15, 0.2) is 6.61 Å². The van der Waals surface area contributed by atoms with Crippen molar-refractivity contribution in [3.63, 3.8) is 0 Å². The lowest BCUT2D eigenvalue weighted by Crippen LogP contribution is -2.14. The Morgan fingerprint density at radius 1 is 1.00 bits per heavy atom. The quantitative estimate of drug-likeness (QED) is 0.773. The van der Waals surface area contributed by atoms with Gasteiger partial charge < -0.3 is 9.47 Å². The molecule has 3 nitrogen and oxygen atoms in total. The highest BCUT2D eigenvalue weighted by Gasteiger charge is 2.03. The maximum atomic E-state index is 11.2. The topological polar surface area (TPSA) is 35.5 Å². The zero-order valence-electron chi connectivity index (χ0n) is 11.1. The van der Waals surface area contributed by atoms with Crippen LogP contribution in [0.1, 0.15) is 6.92 Å². The van der Waals surface area contributed by atoms with Crippen molar-refractivity contribution in [2.75, 3.05) is 13.2 Å². The van der Waals surface area contributed by atoms with Gasteiger partial charge in [0.25, 0.3) is 0 Å².